The second-order valence-corrected chi connectivity index (χ2v) is 4.57. The van der Waals surface area contributed by atoms with Crippen molar-refractivity contribution in [1.29, 1.82) is 0 Å². The predicted molar refractivity (Wildman–Crippen MR) is 86.0 cm³/mol. The third-order valence-electron chi connectivity index (χ3n) is 3.05. The number of hydrogen-bond donors (Lipinski definition) is 1. The zero-order chi connectivity index (χ0) is 16.7. The number of carbonyl (C=O) groups excluding carboxylic acids is 1. The standard InChI is InChI=1S/C16H17N3O4/c1-22-13-7-6-12(14(9-13)23-2)10-17-18-15(20)11-19-8-4-3-5-16(19)21/h3-10H,11H2,1-2H3,(H,18,20)/b17-10-. The molecule has 1 aromatic carbocycles. The number of nitrogens with one attached hydrogen (secondary N) is 1. The molecule has 1 amide bonds. The van der Waals surface area contributed by atoms with Gasteiger partial charge >= 0.3 is 0 Å². The van der Waals surface area contributed by atoms with Gasteiger partial charge in [-0.05, 0) is 18.2 Å². The maximum atomic E-state index is 11.8. The molecular formula is C16H17N3O4. The fourth-order valence-corrected chi connectivity index (χ4v) is 1.88. The number of ether oxygens (including phenoxy) is 2. The molecular weight excluding hydrogens is 298 g/mol. The molecule has 0 aliphatic rings. The van der Waals surface area contributed by atoms with Crippen LogP contribution in [0.4, 0.5) is 0 Å². The topological polar surface area (TPSA) is 81.9 Å². The second kappa shape index (κ2) is 7.79. The SMILES string of the molecule is COc1ccc(/C=N\NC(=O)Cn2ccccc2=O)c(OC)c1. The van der Waals surface area contributed by atoms with E-state index in [0.29, 0.717) is 17.1 Å². The van der Waals surface area contributed by atoms with Gasteiger partial charge in [-0.25, -0.2) is 5.43 Å². The van der Waals surface area contributed by atoms with E-state index in [1.165, 1.54) is 30.2 Å². The van der Waals surface area contributed by atoms with E-state index >= 15 is 0 Å². The molecule has 0 radical (unpaired) electrons. The fraction of sp³-hybridized carbons (Fsp3) is 0.188. The number of hydrazone groups is 1. The molecule has 7 nitrogen and oxygen atoms in total. The van der Waals surface area contributed by atoms with Gasteiger partial charge in [0.05, 0.1) is 20.4 Å². The Morgan fingerprint density at radius 2 is 2.09 bits per heavy atom. The van der Waals surface area contributed by atoms with Crippen LogP contribution < -0.4 is 20.5 Å². The number of amides is 1. The number of rotatable bonds is 6. The molecule has 0 aliphatic heterocycles. The van der Waals surface area contributed by atoms with Crippen molar-refractivity contribution in [2.24, 2.45) is 5.10 Å². The van der Waals surface area contributed by atoms with Gasteiger partial charge in [0.2, 0.25) is 0 Å². The second-order valence-electron chi connectivity index (χ2n) is 4.57. The highest BCUT2D eigenvalue weighted by Crippen LogP contribution is 2.22. The maximum absolute atomic E-state index is 11.8. The summed E-state index contributed by atoms with van der Waals surface area (Å²) in [7, 11) is 3.10. The first kappa shape index (κ1) is 16.3. The summed E-state index contributed by atoms with van der Waals surface area (Å²) in [6, 6.07) is 9.92. The van der Waals surface area contributed by atoms with Crippen LogP contribution in [0.2, 0.25) is 0 Å². The van der Waals surface area contributed by atoms with E-state index in [1.807, 2.05) is 0 Å². The Morgan fingerprint density at radius 3 is 2.78 bits per heavy atom. The average Bonchev–Trinajstić information content (AvgIpc) is 2.57. The van der Waals surface area contributed by atoms with Crippen LogP contribution >= 0.6 is 0 Å². The molecule has 0 atom stereocenters. The zero-order valence-corrected chi connectivity index (χ0v) is 12.9. The molecule has 1 heterocycles. The number of carbonyl (C=O) groups is 1. The molecule has 1 N–H and O–H groups in total. The highest BCUT2D eigenvalue weighted by molar-refractivity contribution is 5.85. The summed E-state index contributed by atoms with van der Waals surface area (Å²) in [4.78, 5) is 23.3. The highest BCUT2D eigenvalue weighted by atomic mass is 16.5. The lowest BCUT2D eigenvalue weighted by molar-refractivity contribution is -0.121. The molecule has 0 unspecified atom stereocenters. The lowest BCUT2D eigenvalue weighted by atomic mass is 10.2. The molecule has 0 fully saturated rings. The number of pyridine rings is 1. The van der Waals surface area contributed by atoms with Crippen molar-refractivity contribution < 1.29 is 14.3 Å². The smallest absolute Gasteiger partial charge is 0.260 e. The first-order chi connectivity index (χ1) is 11.1. The van der Waals surface area contributed by atoms with Crippen LogP contribution in [0.3, 0.4) is 0 Å². The van der Waals surface area contributed by atoms with Crippen LogP contribution in [0.1, 0.15) is 5.56 Å². The van der Waals surface area contributed by atoms with Crippen molar-refractivity contribution in [3.63, 3.8) is 0 Å². The minimum Gasteiger partial charge on any atom is -0.497 e. The quantitative estimate of drug-likeness (QED) is 0.637. The van der Waals surface area contributed by atoms with Crippen LogP contribution in [0.5, 0.6) is 11.5 Å². The van der Waals surface area contributed by atoms with Gasteiger partial charge in [0.15, 0.2) is 0 Å². The number of hydrogen-bond acceptors (Lipinski definition) is 5. The third kappa shape index (κ3) is 4.44. The molecule has 0 spiro atoms. The lowest BCUT2D eigenvalue weighted by Gasteiger charge is -2.07. The predicted octanol–water partition coefficient (Wildman–Crippen LogP) is 1.02. The molecule has 1 aromatic heterocycles. The summed E-state index contributed by atoms with van der Waals surface area (Å²) in [6.45, 7) is -0.100. The van der Waals surface area contributed by atoms with Crippen molar-refractivity contribution in [3.8, 4) is 11.5 Å². The summed E-state index contributed by atoms with van der Waals surface area (Å²) in [5, 5.41) is 3.87. The molecule has 23 heavy (non-hydrogen) atoms. The summed E-state index contributed by atoms with van der Waals surface area (Å²) in [5.74, 6) is 0.829. The number of aromatic nitrogens is 1. The Balaban J connectivity index is 2.00. The van der Waals surface area contributed by atoms with Gasteiger partial charge in [0, 0.05) is 23.9 Å². The van der Waals surface area contributed by atoms with Crippen LogP contribution in [-0.4, -0.2) is 30.9 Å². The fourth-order valence-electron chi connectivity index (χ4n) is 1.88. The Hall–Kier alpha value is -3.09. The van der Waals surface area contributed by atoms with Gasteiger partial charge in [-0.2, -0.15) is 5.10 Å². The van der Waals surface area contributed by atoms with Crippen LogP contribution in [0.15, 0.2) is 52.5 Å². The number of nitrogens with zero attached hydrogens (tertiary/aromatic N) is 2. The van der Waals surface area contributed by atoms with Gasteiger partial charge < -0.3 is 14.0 Å². The Kier molecular flexibility index (Phi) is 5.51. The van der Waals surface area contributed by atoms with Crippen molar-refractivity contribution in [3.05, 3.63) is 58.5 Å². The van der Waals surface area contributed by atoms with E-state index in [9.17, 15) is 9.59 Å². The molecule has 0 bridgehead atoms. The maximum Gasteiger partial charge on any atom is 0.260 e. The average molecular weight is 315 g/mol. The molecule has 120 valence electrons. The van der Waals surface area contributed by atoms with Gasteiger partial charge in [0.1, 0.15) is 18.0 Å². The minimum atomic E-state index is -0.401. The number of methoxy groups -OCH3 is 2. The van der Waals surface area contributed by atoms with E-state index in [0.717, 1.165) is 0 Å². The van der Waals surface area contributed by atoms with Crippen molar-refractivity contribution >= 4 is 12.1 Å². The summed E-state index contributed by atoms with van der Waals surface area (Å²) >= 11 is 0. The molecule has 2 aromatic rings. The van der Waals surface area contributed by atoms with Crippen LogP contribution in [0, 0.1) is 0 Å². The summed E-state index contributed by atoms with van der Waals surface area (Å²) in [5.41, 5.74) is 2.81. The first-order valence-corrected chi connectivity index (χ1v) is 6.83. The zero-order valence-electron chi connectivity index (χ0n) is 12.9. The molecule has 0 aliphatic carbocycles. The Bertz CT molecular complexity index is 768. The van der Waals surface area contributed by atoms with Crippen molar-refractivity contribution in [2.75, 3.05) is 14.2 Å². The van der Waals surface area contributed by atoms with Crippen LogP contribution in [0.25, 0.3) is 0 Å². The van der Waals surface area contributed by atoms with E-state index in [1.54, 1.807) is 37.4 Å². The molecule has 2 rings (SSSR count). The Morgan fingerprint density at radius 1 is 1.26 bits per heavy atom. The van der Waals surface area contributed by atoms with Gasteiger partial charge in [-0.3, -0.25) is 9.59 Å². The van der Waals surface area contributed by atoms with Crippen molar-refractivity contribution in [1.82, 2.24) is 9.99 Å². The van der Waals surface area contributed by atoms with Gasteiger partial charge in [0.25, 0.3) is 11.5 Å². The molecule has 7 heteroatoms. The Labute approximate surface area is 133 Å². The normalized spacial score (nSPS) is 10.5. The third-order valence-corrected chi connectivity index (χ3v) is 3.05. The lowest BCUT2D eigenvalue weighted by Crippen LogP contribution is -2.28. The largest absolute Gasteiger partial charge is 0.497 e. The van der Waals surface area contributed by atoms with E-state index < -0.39 is 5.91 Å². The van der Waals surface area contributed by atoms with Crippen molar-refractivity contribution in [2.45, 2.75) is 6.54 Å². The summed E-state index contributed by atoms with van der Waals surface area (Å²) < 4.78 is 11.6. The summed E-state index contributed by atoms with van der Waals surface area (Å²) in [6.07, 6.45) is 3.00. The van der Waals surface area contributed by atoms with Gasteiger partial charge in [-0.1, -0.05) is 6.07 Å². The van der Waals surface area contributed by atoms with Crippen LogP contribution in [-0.2, 0) is 11.3 Å². The minimum absolute atomic E-state index is 0.100. The highest BCUT2D eigenvalue weighted by Gasteiger charge is 2.04. The van der Waals surface area contributed by atoms with E-state index in [4.69, 9.17) is 9.47 Å². The van der Waals surface area contributed by atoms with Gasteiger partial charge in [-0.15, -0.1) is 0 Å². The number of benzene rings is 1. The van der Waals surface area contributed by atoms with E-state index in [-0.39, 0.29) is 12.1 Å². The monoisotopic (exact) mass is 315 g/mol. The van der Waals surface area contributed by atoms with E-state index in [2.05, 4.69) is 10.5 Å². The molecule has 0 saturated heterocycles. The first-order valence-electron chi connectivity index (χ1n) is 6.83. The molecule has 0 saturated carbocycles.